The van der Waals surface area contributed by atoms with Crippen LogP contribution < -0.4 is 10.2 Å². The quantitative estimate of drug-likeness (QED) is 0.659. The van der Waals surface area contributed by atoms with Gasteiger partial charge < -0.3 is 10.2 Å². The number of amides is 1. The molecule has 2 aromatic carbocycles. The van der Waals surface area contributed by atoms with E-state index in [1.54, 1.807) is 6.20 Å². The number of carbonyl (C=O) groups excluding carboxylic acids is 1. The van der Waals surface area contributed by atoms with Gasteiger partial charge in [0.05, 0.1) is 5.56 Å². The Hall–Kier alpha value is -3.14. The predicted octanol–water partition coefficient (Wildman–Crippen LogP) is 4.81. The molecule has 138 valence electrons. The van der Waals surface area contributed by atoms with Gasteiger partial charge >= 0.3 is 0 Å². The van der Waals surface area contributed by atoms with Gasteiger partial charge in [0, 0.05) is 25.0 Å². The Kier molecular flexibility index (Phi) is 6.21. The van der Waals surface area contributed by atoms with Crippen LogP contribution in [0.4, 0.5) is 11.5 Å². The van der Waals surface area contributed by atoms with Gasteiger partial charge in [-0.2, -0.15) is 0 Å². The van der Waals surface area contributed by atoms with Crippen molar-refractivity contribution >= 4 is 17.4 Å². The molecule has 0 fully saturated rings. The Morgan fingerprint density at radius 1 is 0.963 bits per heavy atom. The predicted molar refractivity (Wildman–Crippen MR) is 110 cm³/mol. The number of rotatable bonds is 7. The molecular formula is C23H25N3O. The van der Waals surface area contributed by atoms with Gasteiger partial charge in [-0.15, -0.1) is 0 Å². The highest BCUT2D eigenvalue weighted by Gasteiger charge is 2.13. The molecule has 4 nitrogen and oxygen atoms in total. The molecule has 1 amide bonds. The number of benzene rings is 2. The lowest BCUT2D eigenvalue weighted by Gasteiger charge is -2.24. The lowest BCUT2D eigenvalue weighted by atomic mass is 10.2. The number of hydrogen-bond donors (Lipinski definition) is 1. The second kappa shape index (κ2) is 8.99. The first-order valence-corrected chi connectivity index (χ1v) is 9.24. The Morgan fingerprint density at radius 3 is 2.22 bits per heavy atom. The first-order chi connectivity index (χ1) is 13.1. The van der Waals surface area contributed by atoms with E-state index in [1.165, 1.54) is 5.56 Å². The highest BCUT2D eigenvalue weighted by atomic mass is 16.1. The first-order valence-electron chi connectivity index (χ1n) is 9.24. The van der Waals surface area contributed by atoms with E-state index in [1.807, 2.05) is 48.5 Å². The lowest BCUT2D eigenvalue weighted by molar-refractivity contribution is 0.0948. The van der Waals surface area contributed by atoms with Crippen LogP contribution in [0.5, 0.6) is 0 Å². The number of aromatic nitrogens is 1. The van der Waals surface area contributed by atoms with E-state index in [4.69, 9.17) is 0 Å². The third-order valence-electron chi connectivity index (χ3n) is 4.21. The van der Waals surface area contributed by atoms with E-state index >= 15 is 0 Å². The Labute approximate surface area is 160 Å². The number of nitrogens with one attached hydrogen (secondary N) is 1. The van der Waals surface area contributed by atoms with Gasteiger partial charge in [0.15, 0.2) is 0 Å². The molecule has 0 aliphatic rings. The zero-order chi connectivity index (χ0) is 19.1. The summed E-state index contributed by atoms with van der Waals surface area (Å²) in [5.41, 5.74) is 2.83. The van der Waals surface area contributed by atoms with Crippen molar-refractivity contribution in [2.45, 2.75) is 20.4 Å². The smallest absolute Gasteiger partial charge is 0.252 e. The topological polar surface area (TPSA) is 45.2 Å². The summed E-state index contributed by atoms with van der Waals surface area (Å²) in [6.07, 6.45) is 1.64. The van der Waals surface area contributed by atoms with Crippen molar-refractivity contribution in [3.8, 4) is 0 Å². The van der Waals surface area contributed by atoms with Crippen LogP contribution in [0.2, 0.25) is 0 Å². The maximum Gasteiger partial charge on any atom is 0.252 e. The van der Waals surface area contributed by atoms with Crippen molar-refractivity contribution in [1.82, 2.24) is 10.3 Å². The van der Waals surface area contributed by atoms with Crippen LogP contribution in [0.15, 0.2) is 79.0 Å². The average molecular weight is 359 g/mol. The van der Waals surface area contributed by atoms with E-state index in [0.717, 1.165) is 11.5 Å². The normalized spacial score (nSPS) is 10.6. The van der Waals surface area contributed by atoms with Crippen molar-refractivity contribution in [3.05, 3.63) is 90.1 Å². The van der Waals surface area contributed by atoms with E-state index in [2.05, 4.69) is 53.3 Å². The second-order valence-electron chi connectivity index (χ2n) is 6.92. The molecule has 0 aliphatic carbocycles. The number of anilines is 2. The standard InChI is InChI=1S/C23H25N3O/c1-18(2)15-25-23(27)20-13-14-22(24-16-20)26(21-11-7-4-8-12-21)17-19-9-5-3-6-10-19/h3-14,16,18H,15,17H2,1-2H3,(H,25,27). The van der Waals surface area contributed by atoms with Gasteiger partial charge in [0.2, 0.25) is 0 Å². The minimum Gasteiger partial charge on any atom is -0.352 e. The molecule has 1 aromatic heterocycles. The van der Waals surface area contributed by atoms with Crippen LogP contribution in [0.1, 0.15) is 29.8 Å². The molecule has 0 atom stereocenters. The van der Waals surface area contributed by atoms with Crippen LogP contribution in [0.25, 0.3) is 0 Å². The molecule has 3 rings (SSSR count). The average Bonchev–Trinajstić information content (AvgIpc) is 2.72. The van der Waals surface area contributed by atoms with Crippen LogP contribution >= 0.6 is 0 Å². The monoisotopic (exact) mass is 359 g/mol. The van der Waals surface area contributed by atoms with E-state index in [0.29, 0.717) is 24.6 Å². The maximum atomic E-state index is 12.2. The summed E-state index contributed by atoms with van der Waals surface area (Å²) in [5.74, 6) is 1.14. The van der Waals surface area contributed by atoms with E-state index < -0.39 is 0 Å². The Morgan fingerprint density at radius 2 is 1.63 bits per heavy atom. The summed E-state index contributed by atoms with van der Waals surface area (Å²) in [4.78, 5) is 18.9. The zero-order valence-electron chi connectivity index (χ0n) is 15.8. The number of carbonyl (C=O) groups is 1. The molecule has 0 bridgehead atoms. The van der Waals surface area contributed by atoms with Gasteiger partial charge in [-0.3, -0.25) is 4.79 Å². The fourth-order valence-electron chi connectivity index (χ4n) is 2.76. The molecule has 0 unspecified atom stereocenters. The van der Waals surface area contributed by atoms with Gasteiger partial charge in [-0.05, 0) is 35.7 Å². The largest absolute Gasteiger partial charge is 0.352 e. The molecule has 0 saturated carbocycles. The molecule has 0 spiro atoms. The van der Waals surface area contributed by atoms with Crippen molar-refractivity contribution in [2.75, 3.05) is 11.4 Å². The zero-order valence-corrected chi connectivity index (χ0v) is 15.8. The maximum absolute atomic E-state index is 12.2. The third-order valence-corrected chi connectivity index (χ3v) is 4.21. The molecule has 1 N–H and O–H groups in total. The molecule has 4 heteroatoms. The van der Waals surface area contributed by atoms with Gasteiger partial charge in [-0.1, -0.05) is 62.4 Å². The first kappa shape index (κ1) is 18.6. The summed E-state index contributed by atoms with van der Waals surface area (Å²) in [7, 11) is 0. The van der Waals surface area contributed by atoms with Crippen LogP contribution in [-0.2, 0) is 6.54 Å². The van der Waals surface area contributed by atoms with E-state index in [-0.39, 0.29) is 5.91 Å². The van der Waals surface area contributed by atoms with Crippen molar-refractivity contribution in [2.24, 2.45) is 5.92 Å². The summed E-state index contributed by atoms with van der Waals surface area (Å²) in [6.45, 7) is 5.51. The Bertz CT molecular complexity index is 846. The molecule has 3 aromatic rings. The summed E-state index contributed by atoms with van der Waals surface area (Å²) < 4.78 is 0. The van der Waals surface area contributed by atoms with E-state index in [9.17, 15) is 4.79 Å². The van der Waals surface area contributed by atoms with Crippen molar-refractivity contribution in [1.29, 1.82) is 0 Å². The van der Waals surface area contributed by atoms with Crippen LogP contribution in [0.3, 0.4) is 0 Å². The summed E-state index contributed by atoms with van der Waals surface area (Å²) >= 11 is 0. The fourth-order valence-corrected chi connectivity index (χ4v) is 2.76. The van der Waals surface area contributed by atoms with Gasteiger partial charge in [-0.25, -0.2) is 4.98 Å². The number of hydrogen-bond acceptors (Lipinski definition) is 3. The number of pyridine rings is 1. The summed E-state index contributed by atoms with van der Waals surface area (Å²) in [6, 6.07) is 24.2. The van der Waals surface area contributed by atoms with Gasteiger partial charge in [0.1, 0.15) is 5.82 Å². The lowest BCUT2D eigenvalue weighted by Crippen LogP contribution is -2.27. The minimum absolute atomic E-state index is 0.0860. The molecule has 1 heterocycles. The summed E-state index contributed by atoms with van der Waals surface area (Å²) in [5, 5.41) is 2.93. The highest BCUT2D eigenvalue weighted by Crippen LogP contribution is 2.25. The van der Waals surface area contributed by atoms with Crippen molar-refractivity contribution < 1.29 is 4.79 Å². The SMILES string of the molecule is CC(C)CNC(=O)c1ccc(N(Cc2ccccc2)c2ccccc2)nc1. The number of para-hydroxylation sites is 1. The fraction of sp³-hybridized carbons (Fsp3) is 0.217. The van der Waals surface area contributed by atoms with Gasteiger partial charge in [0.25, 0.3) is 5.91 Å². The Balaban J connectivity index is 1.83. The highest BCUT2D eigenvalue weighted by molar-refractivity contribution is 5.94. The third kappa shape index (κ3) is 5.17. The number of nitrogens with zero attached hydrogens (tertiary/aromatic N) is 2. The van der Waals surface area contributed by atoms with Crippen LogP contribution in [0, 0.1) is 5.92 Å². The molecule has 0 saturated heterocycles. The van der Waals surface area contributed by atoms with Crippen LogP contribution in [-0.4, -0.2) is 17.4 Å². The minimum atomic E-state index is -0.0860. The molecule has 0 aliphatic heterocycles. The molecule has 0 radical (unpaired) electrons. The molecule has 27 heavy (non-hydrogen) atoms. The van der Waals surface area contributed by atoms with Crippen molar-refractivity contribution in [3.63, 3.8) is 0 Å². The second-order valence-corrected chi connectivity index (χ2v) is 6.92. The molecular weight excluding hydrogens is 334 g/mol.